The molecule has 1 aromatic rings. The standard InChI is InChI=1S/C19H24F3N3O2S/c1-18(2)25-14(10-28-18)4-3-7-23-17(26)16-15(27-11-19(20,21)22)8-13(9-24-16)12-5-6-12/h8-10,12,25H,3-7,11H2,1-2H3,(H,23,26). The third-order valence-electron chi connectivity index (χ3n) is 4.39. The zero-order valence-electron chi connectivity index (χ0n) is 15.9. The molecule has 0 spiro atoms. The van der Waals surface area contributed by atoms with Gasteiger partial charge in [-0.2, -0.15) is 13.2 Å². The molecule has 1 aliphatic carbocycles. The Morgan fingerprint density at radius 1 is 1.43 bits per heavy atom. The Hall–Kier alpha value is -1.90. The summed E-state index contributed by atoms with van der Waals surface area (Å²) in [5.74, 6) is -0.340. The molecule has 1 amide bonds. The lowest BCUT2D eigenvalue weighted by molar-refractivity contribution is -0.153. The molecule has 154 valence electrons. The van der Waals surface area contributed by atoms with E-state index >= 15 is 0 Å². The van der Waals surface area contributed by atoms with Crippen LogP contribution in [0.1, 0.15) is 61.5 Å². The van der Waals surface area contributed by atoms with Gasteiger partial charge in [-0.1, -0.05) is 0 Å². The first-order valence-electron chi connectivity index (χ1n) is 9.26. The molecule has 0 unspecified atom stereocenters. The highest BCUT2D eigenvalue weighted by Gasteiger charge is 2.31. The number of allylic oxidation sites excluding steroid dienone is 1. The number of nitrogens with one attached hydrogen (secondary N) is 2. The van der Waals surface area contributed by atoms with Crippen LogP contribution in [0.4, 0.5) is 13.2 Å². The Bertz CT molecular complexity index is 761. The number of aromatic nitrogens is 1. The SMILES string of the molecule is CC1(C)NC(CCCNC(=O)c2ncc(C3CC3)cc2OCC(F)(F)F)=CS1. The molecule has 3 rings (SSSR count). The fraction of sp³-hybridized carbons (Fsp3) is 0.579. The molecule has 1 fully saturated rings. The number of carbonyl (C=O) groups excluding carboxylic acids is 1. The van der Waals surface area contributed by atoms with E-state index in [2.05, 4.69) is 34.9 Å². The predicted molar refractivity (Wildman–Crippen MR) is 102 cm³/mol. The molecule has 0 radical (unpaired) electrons. The van der Waals surface area contributed by atoms with Crippen molar-refractivity contribution in [3.8, 4) is 5.75 Å². The summed E-state index contributed by atoms with van der Waals surface area (Å²) in [6.07, 6.45) is 0.523. The minimum absolute atomic E-state index is 0.0173. The molecular weight excluding hydrogens is 391 g/mol. The van der Waals surface area contributed by atoms with Crippen LogP contribution in [-0.2, 0) is 0 Å². The van der Waals surface area contributed by atoms with Crippen molar-refractivity contribution >= 4 is 17.7 Å². The van der Waals surface area contributed by atoms with Crippen LogP contribution in [0.3, 0.4) is 0 Å². The minimum Gasteiger partial charge on any atom is -0.482 e. The van der Waals surface area contributed by atoms with Gasteiger partial charge in [-0.05, 0) is 62.5 Å². The monoisotopic (exact) mass is 415 g/mol. The topological polar surface area (TPSA) is 63.2 Å². The van der Waals surface area contributed by atoms with Crippen LogP contribution in [0.2, 0.25) is 0 Å². The Balaban J connectivity index is 1.55. The summed E-state index contributed by atoms with van der Waals surface area (Å²) in [7, 11) is 0. The number of rotatable bonds is 8. The smallest absolute Gasteiger partial charge is 0.422 e. The van der Waals surface area contributed by atoms with E-state index in [1.807, 2.05) is 0 Å². The second-order valence-electron chi connectivity index (χ2n) is 7.55. The fourth-order valence-corrected chi connectivity index (χ4v) is 3.69. The van der Waals surface area contributed by atoms with Gasteiger partial charge in [0.15, 0.2) is 18.1 Å². The number of hydrogen-bond donors (Lipinski definition) is 2. The van der Waals surface area contributed by atoms with Crippen LogP contribution in [0.15, 0.2) is 23.4 Å². The molecule has 5 nitrogen and oxygen atoms in total. The number of thioether (sulfide) groups is 1. The summed E-state index contributed by atoms with van der Waals surface area (Å²) < 4.78 is 42.5. The van der Waals surface area contributed by atoms with E-state index in [1.165, 1.54) is 6.07 Å². The van der Waals surface area contributed by atoms with Crippen molar-refractivity contribution in [1.29, 1.82) is 0 Å². The van der Waals surface area contributed by atoms with Crippen LogP contribution in [0.25, 0.3) is 0 Å². The normalized spacial score (nSPS) is 18.4. The Kier molecular flexibility index (Phi) is 6.12. The zero-order valence-corrected chi connectivity index (χ0v) is 16.7. The fourth-order valence-electron chi connectivity index (χ4n) is 2.89. The molecule has 1 aromatic heterocycles. The molecule has 0 aromatic carbocycles. The van der Waals surface area contributed by atoms with Crippen molar-refractivity contribution in [1.82, 2.24) is 15.6 Å². The minimum atomic E-state index is -4.48. The summed E-state index contributed by atoms with van der Waals surface area (Å²) in [5, 5.41) is 8.18. The predicted octanol–water partition coefficient (Wildman–Crippen LogP) is 4.32. The molecule has 0 bridgehead atoms. The van der Waals surface area contributed by atoms with E-state index in [1.54, 1.807) is 18.0 Å². The van der Waals surface area contributed by atoms with Crippen molar-refractivity contribution < 1.29 is 22.7 Å². The van der Waals surface area contributed by atoms with Crippen molar-refractivity contribution in [2.75, 3.05) is 13.2 Å². The number of ether oxygens (including phenoxy) is 1. The molecule has 0 saturated heterocycles. The average molecular weight is 415 g/mol. The van der Waals surface area contributed by atoms with Crippen LogP contribution in [-0.4, -0.2) is 35.1 Å². The van der Waals surface area contributed by atoms with Gasteiger partial charge >= 0.3 is 6.18 Å². The van der Waals surface area contributed by atoms with Crippen LogP contribution in [0.5, 0.6) is 5.75 Å². The van der Waals surface area contributed by atoms with Gasteiger partial charge in [0.2, 0.25) is 0 Å². The number of pyridine rings is 1. The number of halogens is 3. The zero-order chi connectivity index (χ0) is 20.4. The quantitative estimate of drug-likeness (QED) is 0.619. The third-order valence-corrected chi connectivity index (χ3v) is 5.49. The summed E-state index contributed by atoms with van der Waals surface area (Å²) >= 11 is 1.71. The highest BCUT2D eigenvalue weighted by Crippen LogP contribution is 2.41. The van der Waals surface area contributed by atoms with Gasteiger partial charge in [0.1, 0.15) is 0 Å². The second kappa shape index (κ2) is 8.23. The van der Waals surface area contributed by atoms with E-state index in [0.717, 1.165) is 30.5 Å². The largest absolute Gasteiger partial charge is 0.482 e. The first-order valence-corrected chi connectivity index (χ1v) is 10.1. The molecule has 0 atom stereocenters. The maximum Gasteiger partial charge on any atom is 0.422 e. The lowest BCUT2D eigenvalue weighted by atomic mass is 10.1. The number of hydrogen-bond acceptors (Lipinski definition) is 5. The second-order valence-corrected chi connectivity index (χ2v) is 9.04. The van der Waals surface area contributed by atoms with E-state index in [4.69, 9.17) is 4.74 Å². The molecular formula is C19H24F3N3O2S. The summed E-state index contributed by atoms with van der Waals surface area (Å²) in [6, 6.07) is 1.51. The van der Waals surface area contributed by atoms with E-state index in [0.29, 0.717) is 18.9 Å². The Morgan fingerprint density at radius 2 is 2.18 bits per heavy atom. The molecule has 2 N–H and O–H groups in total. The first-order chi connectivity index (χ1) is 13.1. The van der Waals surface area contributed by atoms with Gasteiger partial charge in [0.25, 0.3) is 5.91 Å². The highest BCUT2D eigenvalue weighted by molar-refractivity contribution is 8.03. The third kappa shape index (κ3) is 6.05. The van der Waals surface area contributed by atoms with E-state index in [9.17, 15) is 18.0 Å². The summed E-state index contributed by atoms with van der Waals surface area (Å²) in [6.45, 7) is 3.12. The maximum atomic E-state index is 12.5. The van der Waals surface area contributed by atoms with Gasteiger partial charge in [-0.3, -0.25) is 4.79 Å². The molecule has 1 saturated carbocycles. The van der Waals surface area contributed by atoms with Crippen molar-refractivity contribution in [2.24, 2.45) is 0 Å². The van der Waals surface area contributed by atoms with Gasteiger partial charge in [0.05, 0.1) is 4.87 Å². The van der Waals surface area contributed by atoms with Gasteiger partial charge in [-0.15, -0.1) is 11.8 Å². The highest BCUT2D eigenvalue weighted by atomic mass is 32.2. The summed E-state index contributed by atoms with van der Waals surface area (Å²) in [5.41, 5.74) is 1.82. The lowest BCUT2D eigenvalue weighted by Crippen LogP contribution is -2.31. The van der Waals surface area contributed by atoms with Crippen molar-refractivity contribution in [3.63, 3.8) is 0 Å². The van der Waals surface area contributed by atoms with Gasteiger partial charge in [-0.25, -0.2) is 4.98 Å². The van der Waals surface area contributed by atoms with E-state index < -0.39 is 18.7 Å². The number of nitrogens with zero attached hydrogens (tertiary/aromatic N) is 1. The van der Waals surface area contributed by atoms with Crippen molar-refractivity contribution in [3.05, 3.63) is 34.6 Å². The molecule has 2 heterocycles. The van der Waals surface area contributed by atoms with Gasteiger partial charge in [0, 0.05) is 18.4 Å². The molecule has 28 heavy (non-hydrogen) atoms. The van der Waals surface area contributed by atoms with Crippen molar-refractivity contribution in [2.45, 2.75) is 56.5 Å². The molecule has 9 heteroatoms. The summed E-state index contributed by atoms with van der Waals surface area (Å²) in [4.78, 5) is 16.5. The molecule has 1 aliphatic heterocycles. The van der Waals surface area contributed by atoms with E-state index in [-0.39, 0.29) is 16.3 Å². The van der Waals surface area contributed by atoms with Crippen LogP contribution in [0, 0.1) is 0 Å². The lowest BCUT2D eigenvalue weighted by Gasteiger charge is -2.19. The average Bonchev–Trinajstić information content (AvgIpc) is 3.40. The molecule has 2 aliphatic rings. The number of carbonyl (C=O) groups is 1. The number of amides is 1. The maximum absolute atomic E-state index is 12.5. The number of alkyl halides is 3. The van der Waals surface area contributed by atoms with Crippen LogP contribution >= 0.6 is 11.8 Å². The Labute approximate surface area is 166 Å². The van der Waals surface area contributed by atoms with Crippen LogP contribution < -0.4 is 15.4 Å². The Morgan fingerprint density at radius 3 is 2.79 bits per heavy atom. The first kappa shape index (κ1) is 20.8. The van der Waals surface area contributed by atoms with Gasteiger partial charge < -0.3 is 15.4 Å².